The molecule has 1 atom stereocenters. The van der Waals surface area contributed by atoms with E-state index in [0.29, 0.717) is 0 Å². The molecule has 1 aliphatic heterocycles. The van der Waals surface area contributed by atoms with Crippen molar-refractivity contribution in [2.75, 3.05) is 18.1 Å². The summed E-state index contributed by atoms with van der Waals surface area (Å²) in [5.74, 6) is -0.158. The van der Waals surface area contributed by atoms with Gasteiger partial charge in [0, 0.05) is 5.69 Å². The smallest absolute Gasteiger partial charge is 0.254 e. The highest BCUT2D eigenvalue weighted by molar-refractivity contribution is 5.96. The minimum atomic E-state index is -0.530. The summed E-state index contributed by atoms with van der Waals surface area (Å²) in [5.41, 5.74) is 2.94. The fourth-order valence-electron chi connectivity index (χ4n) is 2.05. The Bertz CT molecular complexity index is 491. The maximum atomic E-state index is 11.9. The summed E-state index contributed by atoms with van der Waals surface area (Å²) in [4.78, 5) is 13.4. The molecule has 4 nitrogen and oxygen atoms in total. The molecule has 4 heteroatoms. The van der Waals surface area contributed by atoms with Crippen LogP contribution in [0.1, 0.15) is 11.1 Å². The van der Waals surface area contributed by atoms with Crippen LogP contribution >= 0.6 is 0 Å². The van der Waals surface area contributed by atoms with Crippen LogP contribution in [0.3, 0.4) is 0 Å². The lowest BCUT2D eigenvalue weighted by molar-refractivity contribution is -0.126. The van der Waals surface area contributed by atoms with Crippen LogP contribution in [-0.4, -0.2) is 25.2 Å². The number of aryl methyl sites for hydroxylation is 2. The van der Waals surface area contributed by atoms with Gasteiger partial charge in [0.2, 0.25) is 0 Å². The Morgan fingerprint density at radius 1 is 1.47 bits per heavy atom. The molecule has 1 aliphatic rings. The number of rotatable bonds is 1. The van der Waals surface area contributed by atoms with Gasteiger partial charge in [-0.2, -0.15) is 5.26 Å². The number of ether oxygens (including phenoxy) is 1. The second-order valence-electron chi connectivity index (χ2n) is 4.21. The molecule has 1 aromatic carbocycles. The molecule has 0 radical (unpaired) electrons. The minimum absolute atomic E-state index is 0.0471. The summed E-state index contributed by atoms with van der Waals surface area (Å²) in [6.45, 7) is 4.26. The number of hydrogen-bond acceptors (Lipinski definition) is 3. The van der Waals surface area contributed by atoms with Crippen LogP contribution < -0.4 is 4.90 Å². The molecule has 1 saturated heterocycles. The second kappa shape index (κ2) is 4.56. The zero-order valence-corrected chi connectivity index (χ0v) is 9.93. The number of amides is 1. The highest BCUT2D eigenvalue weighted by Crippen LogP contribution is 2.25. The van der Waals surface area contributed by atoms with Crippen molar-refractivity contribution in [3.63, 3.8) is 0 Å². The van der Waals surface area contributed by atoms with Gasteiger partial charge in [0.25, 0.3) is 5.91 Å². The van der Waals surface area contributed by atoms with Crippen molar-refractivity contribution >= 4 is 11.6 Å². The number of carbonyl (C=O) groups is 1. The molecule has 1 fully saturated rings. The van der Waals surface area contributed by atoms with Gasteiger partial charge in [-0.3, -0.25) is 9.69 Å². The molecule has 0 N–H and O–H groups in total. The quantitative estimate of drug-likeness (QED) is 0.735. The number of carbonyl (C=O) groups excluding carboxylic acids is 1. The van der Waals surface area contributed by atoms with Crippen LogP contribution in [0.5, 0.6) is 0 Å². The first-order valence-corrected chi connectivity index (χ1v) is 5.50. The van der Waals surface area contributed by atoms with Gasteiger partial charge in [0.05, 0.1) is 12.7 Å². The first kappa shape index (κ1) is 11.6. The van der Waals surface area contributed by atoms with Gasteiger partial charge in [0.15, 0.2) is 0 Å². The topological polar surface area (TPSA) is 53.3 Å². The van der Waals surface area contributed by atoms with E-state index >= 15 is 0 Å². The van der Waals surface area contributed by atoms with Gasteiger partial charge < -0.3 is 4.74 Å². The van der Waals surface area contributed by atoms with Crippen molar-refractivity contribution in [1.29, 1.82) is 5.26 Å². The molecule has 0 spiro atoms. The Hall–Kier alpha value is -1.86. The normalized spacial score (nSPS) is 20.2. The lowest BCUT2D eigenvalue weighted by atomic mass is 10.1. The Morgan fingerprint density at radius 3 is 2.88 bits per heavy atom. The lowest BCUT2D eigenvalue weighted by Crippen LogP contribution is -2.49. The number of anilines is 1. The predicted octanol–water partition coefficient (Wildman–Crippen LogP) is 1.56. The Kier molecular flexibility index (Phi) is 3.12. The molecule has 1 aromatic rings. The van der Waals surface area contributed by atoms with Crippen LogP contribution in [0.4, 0.5) is 5.69 Å². The van der Waals surface area contributed by atoms with Gasteiger partial charge in [-0.1, -0.05) is 17.7 Å². The van der Waals surface area contributed by atoms with Crippen molar-refractivity contribution in [2.45, 2.75) is 19.9 Å². The van der Waals surface area contributed by atoms with Crippen molar-refractivity contribution in [2.24, 2.45) is 0 Å². The van der Waals surface area contributed by atoms with E-state index in [1.165, 1.54) is 4.90 Å². The first-order chi connectivity index (χ1) is 8.13. The Balaban J connectivity index is 2.42. The summed E-state index contributed by atoms with van der Waals surface area (Å²) in [6, 6.07) is 7.41. The summed E-state index contributed by atoms with van der Waals surface area (Å²) < 4.78 is 5.09. The second-order valence-corrected chi connectivity index (χ2v) is 4.21. The summed E-state index contributed by atoms with van der Waals surface area (Å²) in [6.07, 6.45) is 0. The molecular formula is C13H14N2O2. The average molecular weight is 230 g/mol. The van der Waals surface area contributed by atoms with Crippen LogP contribution in [0, 0.1) is 25.2 Å². The third-order valence-corrected chi connectivity index (χ3v) is 2.84. The molecule has 88 valence electrons. The standard InChI is InChI=1S/C13H14N2O2/c1-9-3-4-12(10(2)5-9)15-11(6-14)7-17-8-13(15)16/h3-5,11H,7-8H2,1-2H3. The monoisotopic (exact) mass is 230 g/mol. The van der Waals surface area contributed by atoms with Crippen LogP contribution in [0.15, 0.2) is 18.2 Å². The van der Waals surface area contributed by atoms with E-state index in [1.807, 2.05) is 32.0 Å². The van der Waals surface area contributed by atoms with Gasteiger partial charge in [-0.25, -0.2) is 0 Å². The van der Waals surface area contributed by atoms with E-state index in [4.69, 9.17) is 10.00 Å². The molecule has 0 aliphatic carbocycles. The molecular weight excluding hydrogens is 216 g/mol. The Morgan fingerprint density at radius 2 is 2.24 bits per heavy atom. The van der Waals surface area contributed by atoms with Gasteiger partial charge in [0.1, 0.15) is 12.6 Å². The molecule has 1 unspecified atom stereocenters. The van der Waals surface area contributed by atoms with Crippen LogP contribution in [0.25, 0.3) is 0 Å². The average Bonchev–Trinajstić information content (AvgIpc) is 2.30. The highest BCUT2D eigenvalue weighted by atomic mass is 16.5. The SMILES string of the molecule is Cc1ccc(N2C(=O)COCC2C#N)c(C)c1. The van der Waals surface area contributed by atoms with Crippen molar-refractivity contribution in [1.82, 2.24) is 0 Å². The third kappa shape index (κ3) is 2.15. The molecule has 0 saturated carbocycles. The fourth-order valence-corrected chi connectivity index (χ4v) is 2.05. The molecule has 1 heterocycles. The van der Waals surface area contributed by atoms with Gasteiger partial charge in [-0.15, -0.1) is 0 Å². The van der Waals surface area contributed by atoms with E-state index in [1.54, 1.807) is 0 Å². The fraction of sp³-hybridized carbons (Fsp3) is 0.385. The molecule has 2 rings (SSSR count). The zero-order valence-electron chi connectivity index (χ0n) is 9.93. The first-order valence-electron chi connectivity index (χ1n) is 5.50. The van der Waals surface area contributed by atoms with Crippen LogP contribution in [-0.2, 0) is 9.53 Å². The number of benzene rings is 1. The molecule has 0 bridgehead atoms. The van der Waals surface area contributed by atoms with Crippen LogP contribution in [0.2, 0.25) is 0 Å². The summed E-state index contributed by atoms with van der Waals surface area (Å²) in [5, 5.41) is 9.06. The molecule has 17 heavy (non-hydrogen) atoms. The lowest BCUT2D eigenvalue weighted by Gasteiger charge is -2.32. The highest BCUT2D eigenvalue weighted by Gasteiger charge is 2.30. The third-order valence-electron chi connectivity index (χ3n) is 2.84. The predicted molar refractivity (Wildman–Crippen MR) is 63.6 cm³/mol. The maximum absolute atomic E-state index is 11.9. The molecule has 1 amide bonds. The van der Waals surface area contributed by atoms with Gasteiger partial charge in [-0.05, 0) is 25.5 Å². The van der Waals surface area contributed by atoms with E-state index in [-0.39, 0.29) is 19.1 Å². The van der Waals surface area contributed by atoms with Gasteiger partial charge >= 0.3 is 0 Å². The zero-order chi connectivity index (χ0) is 12.4. The van der Waals surface area contributed by atoms with E-state index in [0.717, 1.165) is 16.8 Å². The number of nitrogens with zero attached hydrogens (tertiary/aromatic N) is 2. The van der Waals surface area contributed by atoms with Crippen molar-refractivity contribution in [3.05, 3.63) is 29.3 Å². The van der Waals surface area contributed by atoms with Crippen molar-refractivity contribution in [3.8, 4) is 6.07 Å². The number of morpholine rings is 1. The number of nitriles is 1. The van der Waals surface area contributed by atoms with E-state index < -0.39 is 6.04 Å². The maximum Gasteiger partial charge on any atom is 0.254 e. The molecule has 0 aromatic heterocycles. The summed E-state index contributed by atoms with van der Waals surface area (Å²) in [7, 11) is 0. The number of hydrogen-bond donors (Lipinski definition) is 0. The van der Waals surface area contributed by atoms with E-state index in [9.17, 15) is 4.79 Å². The largest absolute Gasteiger partial charge is 0.368 e. The summed E-state index contributed by atoms with van der Waals surface area (Å²) >= 11 is 0. The Labute approximate surface area is 100 Å². The van der Waals surface area contributed by atoms with E-state index in [2.05, 4.69) is 6.07 Å². The van der Waals surface area contributed by atoms with Crippen molar-refractivity contribution < 1.29 is 9.53 Å². The minimum Gasteiger partial charge on any atom is -0.368 e.